The highest BCUT2D eigenvalue weighted by Gasteiger charge is 2.18. The Morgan fingerprint density at radius 1 is 1.26 bits per heavy atom. The number of hydrogen-bond donors (Lipinski definition) is 1. The number of thiophene rings is 1. The minimum absolute atomic E-state index is 0.0845. The molecular formula is C22H23NO2S2. The summed E-state index contributed by atoms with van der Waals surface area (Å²) in [7, 11) is 0. The van der Waals surface area contributed by atoms with Crippen molar-refractivity contribution in [2.45, 2.75) is 37.0 Å². The second-order valence-electron chi connectivity index (χ2n) is 6.38. The summed E-state index contributed by atoms with van der Waals surface area (Å²) in [5.41, 5.74) is 3.60. The Bertz CT molecular complexity index is 892. The number of nitrogens with one attached hydrogen (secondary N) is 1. The van der Waals surface area contributed by atoms with Crippen LogP contribution >= 0.6 is 23.1 Å². The van der Waals surface area contributed by atoms with E-state index >= 15 is 0 Å². The standard InChI is InChI=1S/C22H23NO2S2/c1-4-6-19(17-11-12-26-13-17)23-22(24)20-10-9-18(25-20)14-27-21-15(2)7-5-8-16(21)3/h4-5,7-13,19H,1,6,14H2,2-3H3,(H,23,24). The molecular weight excluding hydrogens is 374 g/mol. The minimum Gasteiger partial charge on any atom is -0.455 e. The maximum Gasteiger partial charge on any atom is 0.287 e. The van der Waals surface area contributed by atoms with Crippen molar-refractivity contribution in [1.82, 2.24) is 5.32 Å². The van der Waals surface area contributed by atoms with E-state index in [9.17, 15) is 4.79 Å². The van der Waals surface area contributed by atoms with Crippen LogP contribution < -0.4 is 5.32 Å². The second kappa shape index (κ2) is 9.11. The van der Waals surface area contributed by atoms with Gasteiger partial charge in [0.05, 0.1) is 11.8 Å². The third-order valence-corrected chi connectivity index (χ3v) is 6.37. The summed E-state index contributed by atoms with van der Waals surface area (Å²) in [5.74, 6) is 1.64. The van der Waals surface area contributed by atoms with Crippen molar-refractivity contribution in [2.75, 3.05) is 0 Å². The van der Waals surface area contributed by atoms with E-state index in [1.807, 2.05) is 29.0 Å². The van der Waals surface area contributed by atoms with Crippen LogP contribution in [0.15, 0.2) is 69.1 Å². The van der Waals surface area contributed by atoms with Crippen molar-refractivity contribution >= 4 is 29.0 Å². The predicted octanol–water partition coefficient (Wildman–Crippen LogP) is 6.30. The molecule has 1 atom stereocenters. The van der Waals surface area contributed by atoms with E-state index in [1.165, 1.54) is 16.0 Å². The van der Waals surface area contributed by atoms with Crippen LogP contribution in [0.3, 0.4) is 0 Å². The highest BCUT2D eigenvalue weighted by Crippen LogP contribution is 2.30. The van der Waals surface area contributed by atoms with Crippen molar-refractivity contribution in [3.8, 4) is 0 Å². The van der Waals surface area contributed by atoms with Crippen LogP contribution in [-0.2, 0) is 5.75 Å². The molecule has 3 nitrogen and oxygen atoms in total. The molecule has 2 heterocycles. The fourth-order valence-electron chi connectivity index (χ4n) is 2.90. The van der Waals surface area contributed by atoms with Crippen LogP contribution in [0, 0.1) is 13.8 Å². The van der Waals surface area contributed by atoms with Gasteiger partial charge in [0.25, 0.3) is 5.91 Å². The smallest absolute Gasteiger partial charge is 0.287 e. The van der Waals surface area contributed by atoms with Crippen molar-refractivity contribution in [3.05, 3.63) is 88.0 Å². The number of rotatable bonds is 8. The van der Waals surface area contributed by atoms with Crippen molar-refractivity contribution < 1.29 is 9.21 Å². The first kappa shape index (κ1) is 19.5. The Kier molecular flexibility index (Phi) is 6.58. The van der Waals surface area contributed by atoms with Gasteiger partial charge in [-0.25, -0.2) is 0 Å². The molecule has 0 radical (unpaired) electrons. The maximum absolute atomic E-state index is 12.6. The van der Waals surface area contributed by atoms with Crippen molar-refractivity contribution in [1.29, 1.82) is 0 Å². The van der Waals surface area contributed by atoms with Gasteiger partial charge in [-0.15, -0.1) is 18.3 Å². The monoisotopic (exact) mass is 397 g/mol. The molecule has 0 aliphatic heterocycles. The summed E-state index contributed by atoms with van der Waals surface area (Å²) in [6, 6.07) is 11.8. The zero-order valence-corrected chi connectivity index (χ0v) is 17.2. The van der Waals surface area contributed by atoms with Crippen LogP contribution in [0.2, 0.25) is 0 Å². The van der Waals surface area contributed by atoms with E-state index in [1.54, 1.807) is 29.2 Å². The molecule has 1 aromatic carbocycles. The van der Waals surface area contributed by atoms with Crippen LogP contribution in [0.4, 0.5) is 0 Å². The average molecular weight is 398 g/mol. The van der Waals surface area contributed by atoms with Gasteiger partial charge < -0.3 is 9.73 Å². The van der Waals surface area contributed by atoms with E-state index in [0.717, 1.165) is 11.3 Å². The molecule has 0 aliphatic carbocycles. The number of benzene rings is 1. The summed E-state index contributed by atoms with van der Waals surface area (Å²) < 4.78 is 5.79. The Morgan fingerprint density at radius 3 is 2.70 bits per heavy atom. The lowest BCUT2D eigenvalue weighted by Gasteiger charge is -2.15. The number of carbonyl (C=O) groups is 1. The lowest BCUT2D eigenvalue weighted by atomic mass is 10.1. The predicted molar refractivity (Wildman–Crippen MR) is 114 cm³/mol. The second-order valence-corrected chi connectivity index (χ2v) is 8.15. The number of carbonyl (C=O) groups excluding carboxylic acids is 1. The highest BCUT2D eigenvalue weighted by atomic mass is 32.2. The summed E-state index contributed by atoms with van der Waals surface area (Å²) in [6.45, 7) is 8.01. The summed E-state index contributed by atoms with van der Waals surface area (Å²) >= 11 is 3.35. The molecule has 140 valence electrons. The molecule has 1 unspecified atom stereocenters. The van der Waals surface area contributed by atoms with Gasteiger partial charge in [0.1, 0.15) is 5.76 Å². The molecule has 27 heavy (non-hydrogen) atoms. The van der Waals surface area contributed by atoms with Gasteiger partial charge in [-0.2, -0.15) is 11.3 Å². The normalized spacial score (nSPS) is 11.9. The number of amides is 1. The first-order chi connectivity index (χ1) is 13.1. The van der Waals surface area contributed by atoms with Crippen LogP contribution in [0.25, 0.3) is 0 Å². The molecule has 0 saturated carbocycles. The summed E-state index contributed by atoms with van der Waals surface area (Å²) in [6.07, 6.45) is 2.50. The zero-order valence-electron chi connectivity index (χ0n) is 15.5. The first-order valence-electron chi connectivity index (χ1n) is 8.80. The molecule has 0 bridgehead atoms. The average Bonchev–Trinajstić information content (AvgIpc) is 3.33. The third kappa shape index (κ3) is 4.93. The Balaban J connectivity index is 1.64. The molecule has 0 spiro atoms. The number of hydrogen-bond acceptors (Lipinski definition) is 4. The molecule has 0 aliphatic rings. The topological polar surface area (TPSA) is 42.2 Å². The fourth-order valence-corrected chi connectivity index (χ4v) is 4.64. The number of thioether (sulfide) groups is 1. The van der Waals surface area contributed by atoms with Crippen LogP contribution in [0.5, 0.6) is 0 Å². The quantitative estimate of drug-likeness (QED) is 0.358. The third-order valence-electron chi connectivity index (χ3n) is 4.31. The largest absolute Gasteiger partial charge is 0.455 e. The highest BCUT2D eigenvalue weighted by molar-refractivity contribution is 7.98. The molecule has 2 aromatic heterocycles. The zero-order chi connectivity index (χ0) is 19.2. The van der Waals surface area contributed by atoms with Gasteiger partial charge in [-0.1, -0.05) is 24.3 Å². The summed E-state index contributed by atoms with van der Waals surface area (Å²) in [4.78, 5) is 13.8. The van der Waals surface area contributed by atoms with E-state index in [2.05, 4.69) is 43.9 Å². The molecule has 3 aromatic rings. The number of furan rings is 1. The molecule has 1 amide bonds. The molecule has 5 heteroatoms. The van der Waals surface area contributed by atoms with Crippen molar-refractivity contribution in [2.24, 2.45) is 0 Å². The molecule has 3 rings (SSSR count). The SMILES string of the molecule is C=CCC(NC(=O)c1ccc(CSc2c(C)cccc2C)o1)c1ccsc1. The van der Waals surface area contributed by atoms with E-state index in [-0.39, 0.29) is 11.9 Å². The Hall–Kier alpha value is -2.24. The Morgan fingerprint density at radius 2 is 2.04 bits per heavy atom. The molecule has 1 N–H and O–H groups in total. The van der Waals surface area contributed by atoms with E-state index in [0.29, 0.717) is 17.9 Å². The molecule has 0 saturated heterocycles. The van der Waals surface area contributed by atoms with Crippen LogP contribution in [-0.4, -0.2) is 5.91 Å². The number of aryl methyl sites for hydroxylation is 2. The lowest BCUT2D eigenvalue weighted by Crippen LogP contribution is -2.27. The van der Waals surface area contributed by atoms with Gasteiger partial charge in [-0.3, -0.25) is 4.79 Å². The maximum atomic E-state index is 12.6. The van der Waals surface area contributed by atoms with Crippen LogP contribution in [0.1, 0.15) is 45.5 Å². The Labute approximate surface area is 168 Å². The van der Waals surface area contributed by atoms with Gasteiger partial charge in [-0.05, 0) is 65.9 Å². The minimum atomic E-state index is -0.198. The lowest BCUT2D eigenvalue weighted by molar-refractivity contribution is 0.0907. The van der Waals surface area contributed by atoms with Gasteiger partial charge in [0.15, 0.2) is 5.76 Å². The van der Waals surface area contributed by atoms with Gasteiger partial charge in [0.2, 0.25) is 0 Å². The fraction of sp³-hybridized carbons (Fsp3) is 0.227. The van der Waals surface area contributed by atoms with Gasteiger partial charge in [0, 0.05) is 4.90 Å². The summed E-state index contributed by atoms with van der Waals surface area (Å²) in [5, 5.41) is 7.09. The van der Waals surface area contributed by atoms with E-state index in [4.69, 9.17) is 4.42 Å². The van der Waals surface area contributed by atoms with Gasteiger partial charge >= 0.3 is 0 Å². The molecule has 0 fully saturated rings. The van der Waals surface area contributed by atoms with E-state index < -0.39 is 0 Å². The first-order valence-corrected chi connectivity index (χ1v) is 10.7. The van der Waals surface area contributed by atoms with Crippen molar-refractivity contribution in [3.63, 3.8) is 0 Å².